The van der Waals surface area contributed by atoms with Gasteiger partial charge in [0.15, 0.2) is 23.0 Å². The van der Waals surface area contributed by atoms with Crippen LogP contribution in [0.4, 0.5) is 0 Å². The van der Waals surface area contributed by atoms with Crippen molar-refractivity contribution >= 4 is 0 Å². The summed E-state index contributed by atoms with van der Waals surface area (Å²) in [6.45, 7) is 0. The Morgan fingerprint density at radius 1 is 0.375 bits per heavy atom. The number of aromatic hydroxyl groups is 5. The number of phenols is 5. The second-order valence-corrected chi connectivity index (χ2v) is 6.74. The third kappa shape index (κ3) is 4.88. The molecule has 0 unspecified atom stereocenters. The molecule has 0 aliphatic carbocycles. The molecule has 0 spiro atoms. The van der Waals surface area contributed by atoms with Crippen LogP contribution in [0.1, 0.15) is 0 Å². The highest BCUT2D eigenvalue weighted by atomic mass is 16.5. The summed E-state index contributed by atoms with van der Waals surface area (Å²) in [6.07, 6.45) is 0. The molecular weight excluding hydrogens is 416 g/mol. The molecule has 0 fully saturated rings. The molecule has 5 N–H and O–H groups in total. The minimum Gasteiger partial charge on any atom is -0.508 e. The van der Waals surface area contributed by atoms with Crippen molar-refractivity contribution in [1.82, 2.24) is 0 Å². The first kappa shape index (κ1) is 20.5. The molecule has 4 rings (SSSR count). The molecule has 162 valence electrons. The smallest absolute Gasteiger partial charge is 0.161 e. The van der Waals surface area contributed by atoms with Gasteiger partial charge in [-0.15, -0.1) is 0 Å². The van der Waals surface area contributed by atoms with Crippen LogP contribution in [0.25, 0.3) is 0 Å². The van der Waals surface area contributed by atoms with E-state index >= 15 is 0 Å². The van der Waals surface area contributed by atoms with Crippen LogP contribution >= 0.6 is 0 Å². The van der Waals surface area contributed by atoms with E-state index in [1.807, 2.05) is 0 Å². The quantitative estimate of drug-likeness (QED) is 0.248. The Labute approximate surface area is 182 Å². The van der Waals surface area contributed by atoms with E-state index in [-0.39, 0.29) is 51.7 Å². The number of hydrogen-bond donors (Lipinski definition) is 5. The lowest BCUT2D eigenvalue weighted by Gasteiger charge is -2.13. The monoisotopic (exact) mass is 434 g/mol. The molecule has 32 heavy (non-hydrogen) atoms. The van der Waals surface area contributed by atoms with Crippen LogP contribution in [-0.2, 0) is 0 Å². The molecular formula is C24H18O8. The molecule has 0 atom stereocenters. The van der Waals surface area contributed by atoms with Crippen molar-refractivity contribution in [3.8, 4) is 63.2 Å². The second-order valence-electron chi connectivity index (χ2n) is 6.74. The molecule has 8 heteroatoms. The van der Waals surface area contributed by atoms with Gasteiger partial charge in [0.2, 0.25) is 0 Å². The van der Waals surface area contributed by atoms with Crippen molar-refractivity contribution in [2.45, 2.75) is 0 Å². The van der Waals surface area contributed by atoms with Crippen LogP contribution in [0.2, 0.25) is 0 Å². The lowest BCUT2D eigenvalue weighted by atomic mass is 10.2. The fourth-order valence-corrected chi connectivity index (χ4v) is 2.81. The average Bonchev–Trinajstić information content (AvgIpc) is 2.73. The minimum atomic E-state index is -0.342. The first-order valence-corrected chi connectivity index (χ1v) is 9.37. The SMILES string of the molecule is Oc1cccc(Oc2cc(Oc3ccc(O)c(O)c3)cc(Oc3ccc(O)c(O)c3)c2)c1. The van der Waals surface area contributed by atoms with Gasteiger partial charge in [-0.25, -0.2) is 0 Å². The summed E-state index contributed by atoms with van der Waals surface area (Å²) >= 11 is 0. The maximum absolute atomic E-state index is 9.70. The summed E-state index contributed by atoms with van der Waals surface area (Å²) in [7, 11) is 0. The largest absolute Gasteiger partial charge is 0.508 e. The lowest BCUT2D eigenvalue weighted by Crippen LogP contribution is -1.91. The summed E-state index contributed by atoms with van der Waals surface area (Å²) in [5, 5.41) is 48.1. The first-order chi connectivity index (χ1) is 15.4. The summed E-state index contributed by atoms with van der Waals surface area (Å²) in [4.78, 5) is 0. The van der Waals surface area contributed by atoms with Gasteiger partial charge >= 0.3 is 0 Å². The molecule has 0 saturated carbocycles. The predicted molar refractivity (Wildman–Crippen MR) is 114 cm³/mol. The van der Waals surface area contributed by atoms with Crippen LogP contribution in [0.5, 0.6) is 63.2 Å². The first-order valence-electron chi connectivity index (χ1n) is 9.37. The predicted octanol–water partition coefficient (Wildman–Crippen LogP) is 5.59. The van der Waals surface area contributed by atoms with Crippen molar-refractivity contribution in [3.05, 3.63) is 78.9 Å². The van der Waals surface area contributed by atoms with Crippen LogP contribution < -0.4 is 14.2 Å². The van der Waals surface area contributed by atoms with E-state index in [4.69, 9.17) is 14.2 Å². The molecule has 0 radical (unpaired) electrons. The number of rotatable bonds is 6. The van der Waals surface area contributed by atoms with Gasteiger partial charge in [0.05, 0.1) is 0 Å². The molecule has 0 aliphatic rings. The van der Waals surface area contributed by atoms with Gasteiger partial charge < -0.3 is 39.7 Å². The van der Waals surface area contributed by atoms with Gasteiger partial charge in [0.25, 0.3) is 0 Å². The zero-order chi connectivity index (χ0) is 22.7. The Kier molecular flexibility index (Phi) is 5.50. The topological polar surface area (TPSA) is 129 Å². The normalized spacial score (nSPS) is 10.5. The fourth-order valence-electron chi connectivity index (χ4n) is 2.81. The molecule has 0 aromatic heterocycles. The maximum atomic E-state index is 9.70. The zero-order valence-electron chi connectivity index (χ0n) is 16.5. The van der Waals surface area contributed by atoms with Crippen LogP contribution in [0.15, 0.2) is 78.9 Å². The highest BCUT2D eigenvalue weighted by Crippen LogP contribution is 2.38. The van der Waals surface area contributed by atoms with Crippen LogP contribution in [0.3, 0.4) is 0 Å². The summed E-state index contributed by atoms with van der Waals surface area (Å²) in [6, 6.07) is 18.9. The molecule has 0 bridgehead atoms. The van der Waals surface area contributed by atoms with Crippen molar-refractivity contribution in [1.29, 1.82) is 0 Å². The molecule has 0 amide bonds. The lowest BCUT2D eigenvalue weighted by molar-refractivity contribution is 0.395. The van der Waals surface area contributed by atoms with Gasteiger partial charge in [0.1, 0.15) is 40.2 Å². The Balaban J connectivity index is 1.67. The number of benzene rings is 4. The maximum Gasteiger partial charge on any atom is 0.161 e. The van der Waals surface area contributed by atoms with E-state index in [1.165, 1.54) is 48.5 Å². The molecule has 0 aliphatic heterocycles. The minimum absolute atomic E-state index is 0.0329. The third-order valence-corrected chi connectivity index (χ3v) is 4.27. The van der Waals surface area contributed by atoms with E-state index in [0.29, 0.717) is 11.5 Å². The average molecular weight is 434 g/mol. The second kappa shape index (κ2) is 8.57. The van der Waals surface area contributed by atoms with Crippen molar-refractivity contribution < 1.29 is 39.7 Å². The van der Waals surface area contributed by atoms with E-state index in [0.717, 1.165) is 0 Å². The van der Waals surface area contributed by atoms with Crippen molar-refractivity contribution in [3.63, 3.8) is 0 Å². The standard InChI is InChI=1S/C24H18O8/c25-14-2-1-3-15(8-14)30-18-9-19(31-16-4-6-21(26)23(28)12-16)11-20(10-18)32-17-5-7-22(27)24(29)13-17/h1-13,25-29H. The van der Waals surface area contributed by atoms with E-state index < -0.39 is 0 Å². The number of hydrogen-bond acceptors (Lipinski definition) is 8. The van der Waals surface area contributed by atoms with Gasteiger partial charge in [-0.3, -0.25) is 0 Å². The molecule has 8 nitrogen and oxygen atoms in total. The summed E-state index contributed by atoms with van der Waals surface area (Å²) in [5.74, 6) is 0.542. The summed E-state index contributed by atoms with van der Waals surface area (Å²) in [5.41, 5.74) is 0. The van der Waals surface area contributed by atoms with E-state index in [9.17, 15) is 25.5 Å². The van der Waals surface area contributed by atoms with Gasteiger partial charge in [-0.1, -0.05) is 6.07 Å². The molecule has 0 saturated heterocycles. The zero-order valence-corrected chi connectivity index (χ0v) is 16.5. The van der Waals surface area contributed by atoms with E-state index in [1.54, 1.807) is 30.3 Å². The molecule has 4 aromatic carbocycles. The Morgan fingerprint density at radius 3 is 1.22 bits per heavy atom. The van der Waals surface area contributed by atoms with Gasteiger partial charge in [0, 0.05) is 36.4 Å². The Bertz CT molecular complexity index is 1200. The van der Waals surface area contributed by atoms with Gasteiger partial charge in [-0.2, -0.15) is 0 Å². The van der Waals surface area contributed by atoms with Gasteiger partial charge in [-0.05, 0) is 36.4 Å². The van der Waals surface area contributed by atoms with Crippen molar-refractivity contribution in [2.75, 3.05) is 0 Å². The van der Waals surface area contributed by atoms with Crippen molar-refractivity contribution in [2.24, 2.45) is 0 Å². The highest BCUT2D eigenvalue weighted by molar-refractivity contribution is 5.50. The third-order valence-electron chi connectivity index (χ3n) is 4.27. The number of ether oxygens (including phenoxy) is 3. The van der Waals surface area contributed by atoms with E-state index in [2.05, 4.69) is 0 Å². The summed E-state index contributed by atoms with van der Waals surface area (Å²) < 4.78 is 17.3. The Morgan fingerprint density at radius 2 is 0.812 bits per heavy atom. The highest BCUT2D eigenvalue weighted by Gasteiger charge is 2.11. The van der Waals surface area contributed by atoms with Crippen LogP contribution in [0, 0.1) is 0 Å². The van der Waals surface area contributed by atoms with Crippen LogP contribution in [-0.4, -0.2) is 25.5 Å². The number of phenolic OH excluding ortho intramolecular Hbond substituents is 5. The molecule has 4 aromatic rings. The Hall–Kier alpha value is -4.72. The fraction of sp³-hybridized carbons (Fsp3) is 0. The molecule has 0 heterocycles.